The number of fused-ring (bicyclic) bond motifs is 2. The molecule has 0 fully saturated rings. The normalized spacial score (nSPS) is 12.2. The highest BCUT2D eigenvalue weighted by Gasteiger charge is 2.26. The molecule has 0 spiro atoms. The number of thiophene rings is 1. The molecule has 4 aromatic rings. The molecule has 160 valence electrons. The van der Waals surface area contributed by atoms with Gasteiger partial charge in [0.15, 0.2) is 5.58 Å². The molecular formula is C22H18FNO6S. The van der Waals surface area contributed by atoms with Gasteiger partial charge in [-0.05, 0) is 38.1 Å². The lowest BCUT2D eigenvalue weighted by Crippen LogP contribution is -2.26. The summed E-state index contributed by atoms with van der Waals surface area (Å²) in [6, 6.07) is 10.2. The number of carbonyl (C=O) groups excluding carboxylic acids is 2. The molecular weight excluding hydrogens is 425 g/mol. The van der Waals surface area contributed by atoms with E-state index in [4.69, 9.17) is 13.9 Å². The van der Waals surface area contributed by atoms with Crippen LogP contribution < -0.4 is 5.76 Å². The molecule has 0 amide bonds. The summed E-state index contributed by atoms with van der Waals surface area (Å²) in [6.45, 7) is 2.98. The fourth-order valence-corrected chi connectivity index (χ4v) is 4.50. The summed E-state index contributed by atoms with van der Waals surface area (Å²) in [6.07, 6.45) is 0. The van der Waals surface area contributed by atoms with E-state index in [1.807, 2.05) is 0 Å². The first kappa shape index (κ1) is 20.8. The van der Waals surface area contributed by atoms with Gasteiger partial charge in [-0.3, -0.25) is 4.57 Å². The number of oxazole rings is 1. The van der Waals surface area contributed by atoms with Crippen LogP contribution in [-0.4, -0.2) is 23.1 Å². The lowest BCUT2D eigenvalue weighted by molar-refractivity contribution is -0.148. The first-order chi connectivity index (χ1) is 14.9. The summed E-state index contributed by atoms with van der Waals surface area (Å²) in [7, 11) is 0. The predicted octanol–water partition coefficient (Wildman–Crippen LogP) is 4.43. The van der Waals surface area contributed by atoms with E-state index in [0.717, 1.165) is 11.3 Å². The average molecular weight is 443 g/mol. The highest BCUT2D eigenvalue weighted by Crippen LogP contribution is 2.34. The summed E-state index contributed by atoms with van der Waals surface area (Å²) in [5.74, 6) is -2.55. The second kappa shape index (κ2) is 8.35. The Morgan fingerprint density at radius 1 is 1.16 bits per heavy atom. The smallest absolute Gasteiger partial charge is 0.420 e. The Bertz CT molecular complexity index is 1350. The van der Waals surface area contributed by atoms with E-state index in [-0.39, 0.29) is 29.0 Å². The maximum Gasteiger partial charge on any atom is 0.420 e. The van der Waals surface area contributed by atoms with Gasteiger partial charge >= 0.3 is 17.7 Å². The van der Waals surface area contributed by atoms with Crippen molar-refractivity contribution < 1.29 is 27.9 Å². The molecule has 1 atom stereocenters. The van der Waals surface area contributed by atoms with Crippen LogP contribution in [0.15, 0.2) is 51.7 Å². The number of hydrogen-bond donors (Lipinski definition) is 0. The van der Waals surface area contributed by atoms with Crippen molar-refractivity contribution in [1.29, 1.82) is 0 Å². The number of esters is 2. The van der Waals surface area contributed by atoms with Gasteiger partial charge < -0.3 is 13.9 Å². The first-order valence-electron chi connectivity index (χ1n) is 9.56. The molecule has 2 aromatic carbocycles. The number of aromatic nitrogens is 1. The van der Waals surface area contributed by atoms with E-state index in [2.05, 4.69) is 0 Å². The number of nitrogens with zero attached hydrogens (tertiary/aromatic N) is 1. The van der Waals surface area contributed by atoms with Crippen LogP contribution in [0.25, 0.3) is 21.2 Å². The van der Waals surface area contributed by atoms with Crippen molar-refractivity contribution in [2.75, 3.05) is 6.61 Å². The van der Waals surface area contributed by atoms with Gasteiger partial charge in [-0.2, -0.15) is 0 Å². The third kappa shape index (κ3) is 3.72. The van der Waals surface area contributed by atoms with Crippen LogP contribution in [0.3, 0.4) is 0 Å². The zero-order valence-corrected chi connectivity index (χ0v) is 17.5. The van der Waals surface area contributed by atoms with E-state index < -0.39 is 29.6 Å². The van der Waals surface area contributed by atoms with Crippen molar-refractivity contribution in [3.63, 3.8) is 0 Å². The number of rotatable bonds is 6. The van der Waals surface area contributed by atoms with Gasteiger partial charge in [0, 0.05) is 15.6 Å². The Morgan fingerprint density at radius 3 is 2.71 bits per heavy atom. The number of ether oxygens (including phenoxy) is 2. The van der Waals surface area contributed by atoms with Crippen LogP contribution in [0.1, 0.15) is 35.1 Å². The third-order valence-electron chi connectivity index (χ3n) is 4.83. The molecule has 2 aromatic heterocycles. The van der Waals surface area contributed by atoms with Crippen molar-refractivity contribution >= 4 is 44.5 Å². The number of benzene rings is 2. The van der Waals surface area contributed by atoms with Gasteiger partial charge in [0.25, 0.3) is 0 Å². The molecule has 0 unspecified atom stereocenters. The van der Waals surface area contributed by atoms with E-state index in [0.29, 0.717) is 15.8 Å². The minimum absolute atomic E-state index is 0.155. The molecule has 4 rings (SSSR count). The number of halogens is 1. The van der Waals surface area contributed by atoms with E-state index >= 15 is 0 Å². The average Bonchev–Trinajstić information content (AvgIpc) is 3.29. The van der Waals surface area contributed by atoms with Crippen LogP contribution in [-0.2, 0) is 20.9 Å². The van der Waals surface area contributed by atoms with Crippen molar-refractivity contribution in [1.82, 2.24) is 4.57 Å². The minimum Gasteiger partial charge on any atom is -0.462 e. The Kier molecular flexibility index (Phi) is 5.60. The summed E-state index contributed by atoms with van der Waals surface area (Å²) in [5.41, 5.74) is 1.04. The largest absolute Gasteiger partial charge is 0.462 e. The fourth-order valence-electron chi connectivity index (χ4n) is 3.39. The second-order valence-corrected chi connectivity index (χ2v) is 7.78. The zero-order chi connectivity index (χ0) is 22.1. The SMILES string of the molecule is CCOC(=O)c1sc2cccc(F)c2c1COC(=O)[C@H](C)n1c(=O)oc2ccccc21. The molecule has 0 aliphatic heterocycles. The molecule has 31 heavy (non-hydrogen) atoms. The molecule has 0 radical (unpaired) electrons. The van der Waals surface area contributed by atoms with Crippen LogP contribution in [0, 0.1) is 5.82 Å². The Balaban J connectivity index is 1.65. The number of para-hydroxylation sites is 2. The molecule has 0 aliphatic rings. The zero-order valence-electron chi connectivity index (χ0n) is 16.7. The molecule has 9 heteroatoms. The molecule has 0 N–H and O–H groups in total. The number of hydrogen-bond acceptors (Lipinski definition) is 7. The van der Waals surface area contributed by atoms with Crippen LogP contribution >= 0.6 is 11.3 Å². The highest BCUT2D eigenvalue weighted by molar-refractivity contribution is 7.21. The van der Waals surface area contributed by atoms with Gasteiger partial charge in [-0.1, -0.05) is 18.2 Å². The highest BCUT2D eigenvalue weighted by atomic mass is 32.1. The van der Waals surface area contributed by atoms with Gasteiger partial charge in [0.2, 0.25) is 0 Å². The van der Waals surface area contributed by atoms with Gasteiger partial charge in [-0.15, -0.1) is 11.3 Å². The van der Waals surface area contributed by atoms with Gasteiger partial charge in [0.1, 0.15) is 23.3 Å². The monoisotopic (exact) mass is 443 g/mol. The molecule has 0 saturated heterocycles. The fraction of sp³-hybridized carbons (Fsp3) is 0.227. The standard InChI is InChI=1S/C22H18FNO6S/c1-3-28-21(26)19-13(18-14(23)7-6-10-17(18)31-19)11-29-20(25)12(2)24-15-8-4-5-9-16(15)30-22(24)27/h4-10,12H,3,11H2,1-2H3/t12-/m0/s1. The van der Waals surface area contributed by atoms with Crippen LogP contribution in [0.4, 0.5) is 4.39 Å². The lowest BCUT2D eigenvalue weighted by Gasteiger charge is -2.13. The van der Waals surface area contributed by atoms with Crippen LogP contribution in [0.2, 0.25) is 0 Å². The van der Waals surface area contributed by atoms with E-state index in [9.17, 15) is 18.8 Å². The summed E-state index contributed by atoms with van der Waals surface area (Å²) < 4.78 is 31.9. The van der Waals surface area contributed by atoms with Crippen molar-refractivity contribution in [2.24, 2.45) is 0 Å². The Labute approximate surface area is 179 Å². The van der Waals surface area contributed by atoms with E-state index in [1.165, 1.54) is 23.6 Å². The van der Waals surface area contributed by atoms with Crippen molar-refractivity contribution in [3.8, 4) is 0 Å². The lowest BCUT2D eigenvalue weighted by atomic mass is 10.1. The summed E-state index contributed by atoms with van der Waals surface area (Å²) >= 11 is 1.07. The van der Waals surface area contributed by atoms with Crippen LogP contribution in [0.5, 0.6) is 0 Å². The molecule has 2 heterocycles. The molecule has 0 aliphatic carbocycles. The summed E-state index contributed by atoms with van der Waals surface area (Å²) in [4.78, 5) is 37.5. The quantitative estimate of drug-likeness (QED) is 0.410. The van der Waals surface area contributed by atoms with Gasteiger partial charge in [0.05, 0.1) is 12.1 Å². The predicted molar refractivity (Wildman–Crippen MR) is 113 cm³/mol. The second-order valence-electron chi connectivity index (χ2n) is 6.73. The van der Waals surface area contributed by atoms with Gasteiger partial charge in [-0.25, -0.2) is 18.8 Å². The number of carbonyl (C=O) groups is 2. The Hall–Kier alpha value is -3.46. The molecule has 7 nitrogen and oxygen atoms in total. The molecule has 0 saturated carbocycles. The maximum atomic E-state index is 14.5. The Morgan fingerprint density at radius 2 is 1.94 bits per heavy atom. The van der Waals surface area contributed by atoms with Crippen molar-refractivity contribution in [3.05, 3.63) is 69.3 Å². The minimum atomic E-state index is -0.989. The maximum absolute atomic E-state index is 14.5. The summed E-state index contributed by atoms with van der Waals surface area (Å²) in [5, 5.41) is 0.210. The van der Waals surface area contributed by atoms with E-state index in [1.54, 1.807) is 37.3 Å². The molecule has 0 bridgehead atoms. The first-order valence-corrected chi connectivity index (χ1v) is 10.4. The topological polar surface area (TPSA) is 87.7 Å². The van der Waals surface area contributed by atoms with Crippen molar-refractivity contribution in [2.45, 2.75) is 26.5 Å². The third-order valence-corrected chi connectivity index (χ3v) is 6.01.